The van der Waals surface area contributed by atoms with E-state index < -0.39 is 10.0 Å². The molecule has 2 N–H and O–H groups in total. The number of nitrogens with one attached hydrogen (secondary N) is 2. The zero-order valence-electron chi connectivity index (χ0n) is 12.0. The van der Waals surface area contributed by atoms with E-state index in [4.69, 9.17) is 0 Å². The second-order valence-electron chi connectivity index (χ2n) is 5.02. The normalized spacial score (nSPS) is 15.6. The van der Waals surface area contributed by atoms with Crippen LogP contribution in [-0.2, 0) is 10.0 Å². The smallest absolute Gasteiger partial charge is 0.242 e. The van der Waals surface area contributed by atoms with Gasteiger partial charge in [-0.2, -0.15) is 0 Å². The maximum absolute atomic E-state index is 12.1. The fraction of sp³-hybridized carbons (Fsp3) is 0.615. The van der Waals surface area contributed by atoms with Gasteiger partial charge in [0.25, 0.3) is 0 Å². The number of hydrogen-bond donors (Lipinski definition) is 2. The van der Waals surface area contributed by atoms with Crippen molar-refractivity contribution >= 4 is 15.8 Å². The van der Waals surface area contributed by atoms with Crippen molar-refractivity contribution in [3.05, 3.63) is 18.3 Å². The van der Waals surface area contributed by atoms with Crippen molar-refractivity contribution in [1.29, 1.82) is 0 Å². The van der Waals surface area contributed by atoms with E-state index in [2.05, 4.69) is 19.9 Å². The Morgan fingerprint density at radius 3 is 2.70 bits per heavy atom. The maximum Gasteiger partial charge on any atom is 0.242 e. The molecule has 0 saturated heterocycles. The lowest BCUT2D eigenvalue weighted by Gasteiger charge is -2.15. The summed E-state index contributed by atoms with van der Waals surface area (Å²) >= 11 is 0. The summed E-state index contributed by atoms with van der Waals surface area (Å²) in [6.45, 7) is 3.87. The van der Waals surface area contributed by atoms with Gasteiger partial charge in [-0.05, 0) is 38.9 Å². The summed E-state index contributed by atoms with van der Waals surface area (Å²) in [4.78, 5) is 6.47. The number of likely N-dealkylation sites (N-methyl/N-ethyl adjacent to an activating group) is 1. The first-order valence-electron chi connectivity index (χ1n) is 6.93. The Bertz CT molecular complexity index is 526. The Hall–Kier alpha value is -1.18. The van der Waals surface area contributed by atoms with Crippen molar-refractivity contribution in [1.82, 2.24) is 14.6 Å². The van der Waals surface area contributed by atoms with Gasteiger partial charge in [-0.3, -0.25) is 0 Å². The quantitative estimate of drug-likeness (QED) is 0.745. The van der Waals surface area contributed by atoms with Gasteiger partial charge in [-0.15, -0.1) is 0 Å². The van der Waals surface area contributed by atoms with Gasteiger partial charge in [-0.25, -0.2) is 18.1 Å². The van der Waals surface area contributed by atoms with E-state index in [9.17, 15) is 8.42 Å². The standard InChI is InChI=1S/C13H22N4O2S/c1-3-14-13-7-6-12(10-15-13)20(18,19)16-8-9-17(2)11-4-5-11/h6-7,10-11,16H,3-5,8-9H2,1-2H3,(H,14,15). The van der Waals surface area contributed by atoms with Gasteiger partial charge in [0.05, 0.1) is 0 Å². The first kappa shape index (κ1) is 15.2. The third-order valence-electron chi connectivity index (χ3n) is 3.33. The van der Waals surface area contributed by atoms with Gasteiger partial charge in [-0.1, -0.05) is 0 Å². The molecular weight excluding hydrogens is 276 g/mol. The van der Waals surface area contributed by atoms with Gasteiger partial charge >= 0.3 is 0 Å². The van der Waals surface area contributed by atoms with Crippen LogP contribution >= 0.6 is 0 Å². The summed E-state index contributed by atoms with van der Waals surface area (Å²) in [7, 11) is -1.43. The molecule has 20 heavy (non-hydrogen) atoms. The molecule has 0 spiro atoms. The Morgan fingerprint density at radius 1 is 1.40 bits per heavy atom. The van der Waals surface area contributed by atoms with Crippen molar-refractivity contribution in [3.8, 4) is 0 Å². The van der Waals surface area contributed by atoms with E-state index in [1.165, 1.54) is 19.0 Å². The minimum absolute atomic E-state index is 0.202. The van der Waals surface area contributed by atoms with Crippen LogP contribution in [0, 0.1) is 0 Å². The fourth-order valence-electron chi connectivity index (χ4n) is 1.96. The Morgan fingerprint density at radius 2 is 2.15 bits per heavy atom. The van der Waals surface area contributed by atoms with Crippen LogP contribution in [0.1, 0.15) is 19.8 Å². The molecule has 1 aromatic heterocycles. The van der Waals surface area contributed by atoms with E-state index in [1.807, 2.05) is 14.0 Å². The van der Waals surface area contributed by atoms with Crippen molar-refractivity contribution in [2.24, 2.45) is 0 Å². The molecule has 0 radical (unpaired) electrons. The van der Waals surface area contributed by atoms with Gasteiger partial charge in [0, 0.05) is 31.9 Å². The highest BCUT2D eigenvalue weighted by Gasteiger charge is 2.25. The molecule has 0 amide bonds. The van der Waals surface area contributed by atoms with Gasteiger partial charge < -0.3 is 10.2 Å². The fourth-order valence-corrected chi connectivity index (χ4v) is 2.93. The highest BCUT2D eigenvalue weighted by molar-refractivity contribution is 7.89. The van der Waals surface area contributed by atoms with Crippen molar-refractivity contribution in [2.75, 3.05) is 32.0 Å². The number of pyridine rings is 1. The molecule has 0 bridgehead atoms. The zero-order chi connectivity index (χ0) is 14.6. The van der Waals surface area contributed by atoms with Crippen LogP contribution in [0.5, 0.6) is 0 Å². The minimum atomic E-state index is -3.46. The molecule has 7 heteroatoms. The lowest BCUT2D eigenvalue weighted by Crippen LogP contribution is -2.34. The molecule has 2 rings (SSSR count). The molecule has 1 aliphatic carbocycles. The molecule has 0 aliphatic heterocycles. The number of aromatic nitrogens is 1. The van der Waals surface area contributed by atoms with Crippen LogP contribution < -0.4 is 10.0 Å². The van der Waals surface area contributed by atoms with E-state index in [1.54, 1.807) is 12.1 Å². The maximum atomic E-state index is 12.1. The molecule has 1 aromatic rings. The number of rotatable bonds is 8. The number of hydrogen-bond acceptors (Lipinski definition) is 5. The topological polar surface area (TPSA) is 74.3 Å². The summed E-state index contributed by atoms with van der Waals surface area (Å²) in [5.74, 6) is 0.680. The molecule has 0 atom stereocenters. The molecule has 1 fully saturated rings. The van der Waals surface area contributed by atoms with Gasteiger partial charge in [0.15, 0.2) is 0 Å². The Balaban J connectivity index is 1.88. The van der Waals surface area contributed by atoms with Crippen molar-refractivity contribution < 1.29 is 8.42 Å². The monoisotopic (exact) mass is 298 g/mol. The van der Waals surface area contributed by atoms with Crippen LogP contribution in [0.15, 0.2) is 23.2 Å². The van der Waals surface area contributed by atoms with E-state index in [-0.39, 0.29) is 4.90 Å². The predicted octanol–water partition coefficient (Wildman–Crippen LogP) is 0.886. The summed E-state index contributed by atoms with van der Waals surface area (Å²) in [6, 6.07) is 3.88. The molecule has 112 valence electrons. The average molecular weight is 298 g/mol. The molecule has 1 aliphatic rings. The van der Waals surface area contributed by atoms with E-state index in [0.29, 0.717) is 18.4 Å². The van der Waals surface area contributed by atoms with Crippen LogP contribution in [0.4, 0.5) is 5.82 Å². The molecule has 6 nitrogen and oxygen atoms in total. The predicted molar refractivity (Wildman–Crippen MR) is 79.2 cm³/mol. The van der Waals surface area contributed by atoms with Gasteiger partial charge in [0.2, 0.25) is 10.0 Å². The Kier molecular flexibility index (Phi) is 4.95. The second-order valence-corrected chi connectivity index (χ2v) is 6.79. The summed E-state index contributed by atoms with van der Waals surface area (Å²) in [5.41, 5.74) is 0. The third kappa shape index (κ3) is 4.16. The molecule has 1 saturated carbocycles. The van der Waals surface area contributed by atoms with Crippen molar-refractivity contribution in [2.45, 2.75) is 30.7 Å². The largest absolute Gasteiger partial charge is 0.370 e. The van der Waals surface area contributed by atoms with Crippen molar-refractivity contribution in [3.63, 3.8) is 0 Å². The number of nitrogens with zero attached hydrogens (tertiary/aromatic N) is 2. The second kappa shape index (κ2) is 6.51. The lowest BCUT2D eigenvalue weighted by atomic mass is 10.4. The lowest BCUT2D eigenvalue weighted by molar-refractivity contribution is 0.329. The minimum Gasteiger partial charge on any atom is -0.370 e. The highest BCUT2D eigenvalue weighted by Crippen LogP contribution is 2.24. The first-order chi connectivity index (χ1) is 9.53. The molecule has 0 aromatic carbocycles. The first-order valence-corrected chi connectivity index (χ1v) is 8.41. The SMILES string of the molecule is CCNc1ccc(S(=O)(=O)NCCN(C)C2CC2)cn1. The number of sulfonamides is 1. The van der Waals surface area contributed by atoms with Crippen LogP contribution in [-0.4, -0.2) is 51.0 Å². The van der Waals surface area contributed by atoms with Crippen LogP contribution in [0.3, 0.4) is 0 Å². The average Bonchev–Trinajstić information content (AvgIpc) is 3.24. The van der Waals surface area contributed by atoms with Crippen LogP contribution in [0.2, 0.25) is 0 Å². The summed E-state index contributed by atoms with van der Waals surface area (Å²) in [5, 5.41) is 3.03. The zero-order valence-corrected chi connectivity index (χ0v) is 12.8. The van der Waals surface area contributed by atoms with E-state index in [0.717, 1.165) is 13.1 Å². The van der Waals surface area contributed by atoms with Crippen LogP contribution in [0.25, 0.3) is 0 Å². The Labute approximate surface area is 120 Å². The van der Waals surface area contributed by atoms with Gasteiger partial charge in [0.1, 0.15) is 10.7 Å². The molecular formula is C13H22N4O2S. The molecule has 0 unspecified atom stereocenters. The third-order valence-corrected chi connectivity index (χ3v) is 4.78. The van der Waals surface area contributed by atoms with E-state index >= 15 is 0 Å². The molecule has 1 heterocycles. The number of anilines is 1. The highest BCUT2D eigenvalue weighted by atomic mass is 32.2. The summed E-state index contributed by atoms with van der Waals surface area (Å²) < 4.78 is 26.8. The summed E-state index contributed by atoms with van der Waals surface area (Å²) in [6.07, 6.45) is 3.82.